The fourth-order valence-corrected chi connectivity index (χ4v) is 2.54. The molecule has 1 fully saturated rings. The number of nitrogen functional groups attached to an aromatic ring is 1. The van der Waals surface area contributed by atoms with Crippen LogP contribution in [0.5, 0.6) is 0 Å². The van der Waals surface area contributed by atoms with Gasteiger partial charge in [0.05, 0.1) is 12.4 Å². The highest BCUT2D eigenvalue weighted by Crippen LogP contribution is 2.36. The van der Waals surface area contributed by atoms with Crippen LogP contribution in [0.4, 0.5) is 5.82 Å². The molecule has 96 valence electrons. The van der Waals surface area contributed by atoms with Gasteiger partial charge in [0.15, 0.2) is 11.5 Å². The Morgan fingerprint density at radius 1 is 1.39 bits per heavy atom. The first-order valence-corrected chi connectivity index (χ1v) is 5.91. The number of anilines is 1. The van der Waals surface area contributed by atoms with Crippen molar-refractivity contribution in [1.82, 2.24) is 19.5 Å². The molecule has 2 aromatic rings. The first-order valence-electron chi connectivity index (χ1n) is 5.91. The lowest BCUT2D eigenvalue weighted by Crippen LogP contribution is -2.45. The van der Waals surface area contributed by atoms with Crippen molar-refractivity contribution in [3.05, 3.63) is 12.7 Å². The van der Waals surface area contributed by atoms with Crippen LogP contribution in [0.3, 0.4) is 0 Å². The maximum Gasteiger partial charge on any atom is 0.165 e. The van der Waals surface area contributed by atoms with E-state index in [-0.39, 0.29) is 18.4 Å². The molecule has 1 aliphatic carbocycles. The van der Waals surface area contributed by atoms with Crippen molar-refractivity contribution >= 4 is 17.0 Å². The quantitative estimate of drug-likeness (QED) is 0.670. The van der Waals surface area contributed by atoms with Crippen LogP contribution in [-0.2, 0) is 6.54 Å². The molecule has 2 aromatic heterocycles. The number of imidazole rings is 1. The fourth-order valence-electron chi connectivity index (χ4n) is 2.54. The van der Waals surface area contributed by atoms with Crippen LogP contribution in [0, 0.1) is 11.8 Å². The molecule has 0 spiro atoms. The highest BCUT2D eigenvalue weighted by atomic mass is 16.3. The zero-order valence-electron chi connectivity index (χ0n) is 9.77. The summed E-state index contributed by atoms with van der Waals surface area (Å²) in [4.78, 5) is 12.2. The van der Waals surface area contributed by atoms with Crippen molar-refractivity contribution in [1.29, 1.82) is 0 Å². The van der Waals surface area contributed by atoms with E-state index in [1.54, 1.807) is 6.33 Å². The summed E-state index contributed by atoms with van der Waals surface area (Å²) in [6.07, 6.45) is 3.39. The van der Waals surface area contributed by atoms with E-state index in [0.717, 1.165) is 0 Å². The van der Waals surface area contributed by atoms with Gasteiger partial charge >= 0.3 is 0 Å². The van der Waals surface area contributed by atoms with Crippen molar-refractivity contribution in [2.75, 3.05) is 12.3 Å². The van der Waals surface area contributed by atoms with Gasteiger partial charge in [0, 0.05) is 19.1 Å². The molecule has 18 heavy (non-hydrogen) atoms. The predicted molar refractivity (Wildman–Crippen MR) is 64.4 cm³/mol. The van der Waals surface area contributed by atoms with Crippen LogP contribution in [0.25, 0.3) is 11.2 Å². The molecule has 3 rings (SSSR count). The van der Waals surface area contributed by atoms with Crippen LogP contribution in [-0.4, -0.2) is 42.4 Å². The molecule has 3 atom stereocenters. The molecule has 2 heterocycles. The summed E-state index contributed by atoms with van der Waals surface area (Å²) >= 11 is 0. The van der Waals surface area contributed by atoms with Crippen molar-refractivity contribution in [2.24, 2.45) is 11.8 Å². The van der Waals surface area contributed by atoms with Crippen LogP contribution in [0.1, 0.15) is 6.42 Å². The average molecular weight is 249 g/mol. The van der Waals surface area contributed by atoms with Crippen LogP contribution in [0.15, 0.2) is 12.7 Å². The molecule has 7 heteroatoms. The van der Waals surface area contributed by atoms with E-state index in [4.69, 9.17) is 5.73 Å². The molecule has 0 aromatic carbocycles. The summed E-state index contributed by atoms with van der Waals surface area (Å²) in [5.41, 5.74) is 7.01. The van der Waals surface area contributed by atoms with E-state index < -0.39 is 6.10 Å². The van der Waals surface area contributed by atoms with Crippen LogP contribution < -0.4 is 5.73 Å². The Hall–Kier alpha value is -1.73. The van der Waals surface area contributed by atoms with Crippen LogP contribution in [0.2, 0.25) is 0 Å². The smallest absolute Gasteiger partial charge is 0.165 e. The summed E-state index contributed by atoms with van der Waals surface area (Å²) in [7, 11) is 0. The van der Waals surface area contributed by atoms with Gasteiger partial charge < -0.3 is 20.5 Å². The van der Waals surface area contributed by atoms with E-state index in [1.165, 1.54) is 6.33 Å². The zero-order valence-corrected chi connectivity index (χ0v) is 9.77. The second-order valence-corrected chi connectivity index (χ2v) is 4.74. The topological polar surface area (TPSA) is 110 Å². The summed E-state index contributed by atoms with van der Waals surface area (Å²) in [5.74, 6) is 0.561. The highest BCUT2D eigenvalue weighted by Gasteiger charge is 2.39. The molecule has 1 saturated carbocycles. The largest absolute Gasteiger partial charge is 0.396 e. The van der Waals surface area contributed by atoms with Crippen molar-refractivity contribution in [3.63, 3.8) is 0 Å². The number of nitrogens with zero attached hydrogens (tertiary/aromatic N) is 4. The van der Waals surface area contributed by atoms with Crippen molar-refractivity contribution in [3.8, 4) is 0 Å². The molecule has 0 saturated heterocycles. The Morgan fingerprint density at radius 2 is 2.22 bits per heavy atom. The van der Waals surface area contributed by atoms with E-state index in [2.05, 4.69) is 15.0 Å². The number of nitrogens with two attached hydrogens (primary N) is 1. The monoisotopic (exact) mass is 249 g/mol. The summed E-state index contributed by atoms with van der Waals surface area (Å²) in [5, 5.41) is 18.7. The Bertz CT molecular complexity index is 570. The molecule has 0 unspecified atom stereocenters. The van der Waals surface area contributed by atoms with Gasteiger partial charge in [-0.15, -0.1) is 0 Å². The molecule has 0 radical (unpaired) electrons. The predicted octanol–water partition coefficient (Wildman–Crippen LogP) is -0.602. The Labute approximate surface area is 103 Å². The van der Waals surface area contributed by atoms with Gasteiger partial charge in [-0.3, -0.25) is 0 Å². The molecule has 0 bridgehead atoms. The molecule has 0 amide bonds. The molecular weight excluding hydrogens is 234 g/mol. The second kappa shape index (κ2) is 4.18. The summed E-state index contributed by atoms with van der Waals surface area (Å²) in [6, 6.07) is 0. The number of aliphatic hydroxyl groups excluding tert-OH is 2. The van der Waals surface area contributed by atoms with Crippen LogP contribution >= 0.6 is 0 Å². The minimum absolute atomic E-state index is 0.00951. The van der Waals surface area contributed by atoms with Crippen molar-refractivity contribution < 1.29 is 10.2 Å². The van der Waals surface area contributed by atoms with E-state index >= 15 is 0 Å². The SMILES string of the molecule is Nc1ncnc2c1ncn2C[C@H]1C[C@H](O)[C@H]1CO. The third kappa shape index (κ3) is 1.63. The average Bonchev–Trinajstić information content (AvgIpc) is 2.74. The van der Waals surface area contributed by atoms with Gasteiger partial charge in [0.25, 0.3) is 0 Å². The minimum Gasteiger partial charge on any atom is -0.396 e. The van der Waals surface area contributed by atoms with Gasteiger partial charge in [-0.05, 0) is 12.3 Å². The molecule has 1 aliphatic rings. The number of rotatable bonds is 3. The van der Waals surface area contributed by atoms with Gasteiger partial charge in [-0.25, -0.2) is 15.0 Å². The third-order valence-corrected chi connectivity index (χ3v) is 3.72. The minimum atomic E-state index is -0.394. The summed E-state index contributed by atoms with van der Waals surface area (Å²) < 4.78 is 1.90. The number of aliphatic hydroxyl groups is 2. The molecule has 0 aliphatic heterocycles. The van der Waals surface area contributed by atoms with E-state index in [9.17, 15) is 10.2 Å². The van der Waals surface area contributed by atoms with Gasteiger partial charge in [0.1, 0.15) is 11.8 Å². The lowest BCUT2D eigenvalue weighted by atomic mass is 9.71. The fraction of sp³-hybridized carbons (Fsp3) is 0.545. The number of aromatic nitrogens is 4. The lowest BCUT2D eigenvalue weighted by Gasteiger charge is -2.40. The number of fused-ring (bicyclic) bond motifs is 1. The Morgan fingerprint density at radius 3 is 2.94 bits per heavy atom. The van der Waals surface area contributed by atoms with Gasteiger partial charge in [-0.2, -0.15) is 0 Å². The Balaban J connectivity index is 1.86. The summed E-state index contributed by atoms with van der Waals surface area (Å²) in [6.45, 7) is 0.685. The van der Waals surface area contributed by atoms with E-state index in [1.807, 2.05) is 4.57 Å². The highest BCUT2D eigenvalue weighted by molar-refractivity contribution is 5.81. The first-order chi connectivity index (χ1) is 8.70. The van der Waals surface area contributed by atoms with E-state index in [0.29, 0.717) is 29.9 Å². The second-order valence-electron chi connectivity index (χ2n) is 4.74. The number of hydrogen-bond donors (Lipinski definition) is 3. The third-order valence-electron chi connectivity index (χ3n) is 3.72. The maximum absolute atomic E-state index is 9.53. The number of hydrogen-bond acceptors (Lipinski definition) is 6. The van der Waals surface area contributed by atoms with Gasteiger partial charge in [0.2, 0.25) is 0 Å². The molecular formula is C11H15N5O2. The maximum atomic E-state index is 9.53. The molecule has 4 N–H and O–H groups in total. The normalized spacial score (nSPS) is 27.3. The standard InChI is InChI=1S/C11H15N5O2/c12-10-9-11(14-4-13-10)16(5-15-9)2-6-1-8(18)7(6)3-17/h4-8,17-18H,1-3H2,(H2,12,13,14)/t6-,7+,8+/m1/s1. The Kier molecular flexibility index (Phi) is 2.64. The lowest BCUT2D eigenvalue weighted by molar-refractivity contribution is -0.0652. The van der Waals surface area contributed by atoms with Crippen molar-refractivity contribution in [2.45, 2.75) is 19.1 Å². The molecule has 7 nitrogen and oxygen atoms in total. The first kappa shape index (κ1) is 11.4. The zero-order chi connectivity index (χ0) is 12.7. The van der Waals surface area contributed by atoms with Gasteiger partial charge in [-0.1, -0.05) is 0 Å².